The Balaban J connectivity index is 1.40. The monoisotopic (exact) mass is 515 g/mol. The van der Waals surface area contributed by atoms with Crippen LogP contribution in [0.5, 0.6) is 0 Å². The Morgan fingerprint density at radius 1 is 0.711 bits per heavy atom. The van der Waals surface area contributed by atoms with E-state index in [9.17, 15) is 5.26 Å². The van der Waals surface area contributed by atoms with Crippen LogP contribution >= 0.6 is 0 Å². The van der Waals surface area contributed by atoms with Gasteiger partial charge in [0.05, 0.1) is 11.5 Å². The van der Waals surface area contributed by atoms with Gasteiger partial charge in [0, 0.05) is 23.9 Å². The highest BCUT2D eigenvalue weighted by Gasteiger charge is 2.36. The van der Waals surface area contributed by atoms with Gasteiger partial charge in [0.25, 0.3) is 0 Å². The topological polar surface area (TPSA) is 49.6 Å². The number of aryl methyl sites for hydroxylation is 1. The number of unbranched alkanes of at least 4 members (excludes halogenated alkanes) is 12. The number of nitriles is 1. The fraction of sp³-hybridized carbons (Fsp3) is 0.686. The summed E-state index contributed by atoms with van der Waals surface area (Å²) in [6.45, 7) is 4.54. The van der Waals surface area contributed by atoms with Crippen LogP contribution in [-0.4, -0.2) is 9.97 Å². The van der Waals surface area contributed by atoms with Gasteiger partial charge in [-0.3, -0.25) is 0 Å². The van der Waals surface area contributed by atoms with Gasteiger partial charge in [0.15, 0.2) is 0 Å². The fourth-order valence-corrected chi connectivity index (χ4v) is 6.11. The summed E-state index contributed by atoms with van der Waals surface area (Å²) < 4.78 is 0. The Morgan fingerprint density at radius 3 is 1.79 bits per heavy atom. The number of hydrogen-bond donors (Lipinski definition) is 0. The average molecular weight is 516 g/mol. The molecule has 3 heteroatoms. The zero-order valence-electron chi connectivity index (χ0n) is 24.5. The lowest BCUT2D eigenvalue weighted by molar-refractivity contribution is 0.219. The summed E-state index contributed by atoms with van der Waals surface area (Å²) in [6, 6.07) is 11.7. The number of hydrogen-bond acceptors (Lipinski definition) is 3. The molecule has 208 valence electrons. The van der Waals surface area contributed by atoms with E-state index in [1.54, 1.807) is 0 Å². The molecule has 38 heavy (non-hydrogen) atoms. The lowest BCUT2D eigenvalue weighted by Gasteiger charge is -2.34. The largest absolute Gasteiger partial charge is 0.240 e. The van der Waals surface area contributed by atoms with Crippen molar-refractivity contribution in [1.29, 1.82) is 5.26 Å². The number of benzene rings is 1. The Bertz CT molecular complexity index is 917. The molecule has 0 amide bonds. The minimum atomic E-state index is -0.115. The van der Waals surface area contributed by atoms with Crippen LogP contribution < -0.4 is 0 Å². The molecule has 1 aliphatic carbocycles. The molecule has 0 atom stereocenters. The summed E-state index contributed by atoms with van der Waals surface area (Å²) in [5, 5.41) is 9.99. The second kappa shape index (κ2) is 17.4. The number of rotatable bonds is 18. The maximum atomic E-state index is 9.99. The first-order valence-electron chi connectivity index (χ1n) is 16.0. The summed E-state index contributed by atoms with van der Waals surface area (Å²) in [7, 11) is 0. The lowest BCUT2D eigenvalue weighted by atomic mass is 9.68. The maximum Gasteiger partial charge on any atom is 0.131 e. The molecule has 1 saturated carbocycles. The molecule has 0 unspecified atom stereocenters. The standard InChI is InChI=1S/C35H53N3/c1-3-5-7-9-11-12-14-16-24-35(29-36)25-22-32(23-26-35)34-37-27-33(28-38-34)31-20-18-30(19-21-31)17-15-13-10-8-6-4-2/h18-21,27-28,32H,3-17,22-26H2,1-2H3/t32-,35-. The maximum absolute atomic E-state index is 9.99. The van der Waals surface area contributed by atoms with E-state index in [1.807, 2.05) is 12.4 Å². The van der Waals surface area contributed by atoms with Gasteiger partial charge >= 0.3 is 0 Å². The van der Waals surface area contributed by atoms with Crippen LogP contribution in [0.1, 0.15) is 153 Å². The Labute approximate surface area is 233 Å². The molecule has 1 fully saturated rings. The second-order valence-corrected chi connectivity index (χ2v) is 11.9. The van der Waals surface area contributed by atoms with E-state index in [2.05, 4.69) is 44.2 Å². The van der Waals surface area contributed by atoms with Gasteiger partial charge in [-0.15, -0.1) is 0 Å². The van der Waals surface area contributed by atoms with E-state index in [0.717, 1.165) is 43.5 Å². The first-order valence-corrected chi connectivity index (χ1v) is 16.0. The molecular formula is C35H53N3. The molecule has 3 nitrogen and oxygen atoms in total. The highest BCUT2D eigenvalue weighted by Crippen LogP contribution is 2.45. The molecule has 1 heterocycles. The van der Waals surface area contributed by atoms with Crippen molar-refractivity contribution in [2.24, 2.45) is 5.41 Å². The number of nitrogens with zero attached hydrogens (tertiary/aromatic N) is 3. The van der Waals surface area contributed by atoms with Gasteiger partial charge in [-0.2, -0.15) is 5.26 Å². The van der Waals surface area contributed by atoms with Crippen LogP contribution in [0.2, 0.25) is 0 Å². The molecule has 1 aromatic heterocycles. The predicted octanol–water partition coefficient (Wildman–Crippen LogP) is 10.7. The SMILES string of the molecule is CCCCCCCCCC[C@]1(C#N)CC[C@H](c2ncc(-c3ccc(CCCCCCCC)cc3)cn2)CC1. The molecule has 0 aliphatic heterocycles. The van der Waals surface area contributed by atoms with Gasteiger partial charge in [-0.25, -0.2) is 9.97 Å². The van der Waals surface area contributed by atoms with E-state index >= 15 is 0 Å². The van der Waals surface area contributed by atoms with Crippen LogP contribution in [0.25, 0.3) is 11.1 Å². The van der Waals surface area contributed by atoms with Crippen LogP contribution in [0.15, 0.2) is 36.7 Å². The van der Waals surface area contributed by atoms with Crippen molar-refractivity contribution in [2.45, 2.75) is 148 Å². The molecule has 0 radical (unpaired) electrons. The Morgan fingerprint density at radius 2 is 1.24 bits per heavy atom. The summed E-state index contributed by atoms with van der Waals surface area (Å²) in [6.07, 6.45) is 29.0. The summed E-state index contributed by atoms with van der Waals surface area (Å²) in [4.78, 5) is 9.57. The molecule has 0 spiro atoms. The smallest absolute Gasteiger partial charge is 0.131 e. The molecule has 0 N–H and O–H groups in total. The van der Waals surface area contributed by atoms with E-state index in [0.29, 0.717) is 5.92 Å². The third-order valence-electron chi connectivity index (χ3n) is 8.83. The predicted molar refractivity (Wildman–Crippen MR) is 161 cm³/mol. The fourth-order valence-electron chi connectivity index (χ4n) is 6.11. The summed E-state index contributed by atoms with van der Waals surface area (Å²) in [5.74, 6) is 1.36. The minimum Gasteiger partial charge on any atom is -0.240 e. The first kappa shape index (κ1) is 30.3. The third kappa shape index (κ3) is 10.2. The van der Waals surface area contributed by atoms with Crippen LogP contribution in [0, 0.1) is 16.7 Å². The van der Waals surface area contributed by atoms with Crippen molar-refractivity contribution in [3.8, 4) is 17.2 Å². The van der Waals surface area contributed by atoms with Crippen molar-refractivity contribution >= 4 is 0 Å². The normalized spacial score (nSPS) is 19.3. The van der Waals surface area contributed by atoms with Crippen molar-refractivity contribution in [1.82, 2.24) is 9.97 Å². The van der Waals surface area contributed by atoms with Crippen molar-refractivity contribution in [3.05, 3.63) is 48.0 Å². The van der Waals surface area contributed by atoms with Gasteiger partial charge in [-0.05, 0) is 56.1 Å². The van der Waals surface area contributed by atoms with Crippen molar-refractivity contribution in [3.63, 3.8) is 0 Å². The van der Waals surface area contributed by atoms with Crippen molar-refractivity contribution < 1.29 is 0 Å². The summed E-state index contributed by atoms with van der Waals surface area (Å²) in [5.41, 5.74) is 3.60. The molecular weight excluding hydrogens is 462 g/mol. The second-order valence-electron chi connectivity index (χ2n) is 11.9. The van der Waals surface area contributed by atoms with Crippen LogP contribution in [0.4, 0.5) is 0 Å². The van der Waals surface area contributed by atoms with Gasteiger partial charge < -0.3 is 0 Å². The zero-order chi connectivity index (χ0) is 26.9. The van der Waals surface area contributed by atoms with Gasteiger partial charge in [0.2, 0.25) is 0 Å². The molecule has 3 rings (SSSR count). The van der Waals surface area contributed by atoms with Crippen molar-refractivity contribution in [2.75, 3.05) is 0 Å². The van der Waals surface area contributed by atoms with E-state index in [-0.39, 0.29) is 5.41 Å². The molecule has 0 saturated heterocycles. The van der Waals surface area contributed by atoms with E-state index in [4.69, 9.17) is 9.97 Å². The Kier molecular flexibility index (Phi) is 13.9. The first-order chi connectivity index (χ1) is 18.7. The average Bonchev–Trinajstić information content (AvgIpc) is 2.97. The third-order valence-corrected chi connectivity index (χ3v) is 8.83. The lowest BCUT2D eigenvalue weighted by Crippen LogP contribution is -2.26. The molecule has 0 bridgehead atoms. The molecule has 2 aromatic rings. The summed E-state index contributed by atoms with van der Waals surface area (Å²) >= 11 is 0. The Hall–Kier alpha value is -2.21. The quantitative estimate of drug-likeness (QED) is 0.185. The highest BCUT2D eigenvalue weighted by atomic mass is 14.9. The highest BCUT2D eigenvalue weighted by molar-refractivity contribution is 5.61. The van der Waals surface area contributed by atoms with E-state index in [1.165, 1.54) is 107 Å². The molecule has 1 aromatic carbocycles. The number of aromatic nitrogens is 2. The van der Waals surface area contributed by atoms with E-state index < -0.39 is 0 Å². The van der Waals surface area contributed by atoms with Gasteiger partial charge in [-0.1, -0.05) is 122 Å². The van der Waals surface area contributed by atoms with Gasteiger partial charge in [0.1, 0.15) is 5.82 Å². The van der Waals surface area contributed by atoms with Crippen LogP contribution in [-0.2, 0) is 6.42 Å². The van der Waals surface area contributed by atoms with Crippen LogP contribution in [0.3, 0.4) is 0 Å². The molecule has 1 aliphatic rings. The zero-order valence-corrected chi connectivity index (χ0v) is 24.5. The minimum absolute atomic E-state index is 0.115.